The van der Waals surface area contributed by atoms with E-state index in [-0.39, 0.29) is 22.4 Å². The molecular weight excluding hydrogens is 316 g/mol. The van der Waals surface area contributed by atoms with Crippen molar-refractivity contribution in [1.82, 2.24) is 10.1 Å². The Morgan fingerprint density at radius 1 is 1.24 bits per heavy atom. The first kappa shape index (κ1) is 14.6. The van der Waals surface area contributed by atoms with Crippen LogP contribution in [-0.2, 0) is 0 Å². The van der Waals surface area contributed by atoms with Gasteiger partial charge in [-0.2, -0.15) is 16.7 Å². The van der Waals surface area contributed by atoms with E-state index in [1.807, 2.05) is 11.8 Å². The molecule has 0 radical (unpaired) electrons. The van der Waals surface area contributed by atoms with Gasteiger partial charge in [-0.25, -0.2) is 8.78 Å². The van der Waals surface area contributed by atoms with Crippen molar-refractivity contribution in [1.29, 1.82) is 0 Å². The minimum atomic E-state index is -0.996. The van der Waals surface area contributed by atoms with E-state index in [2.05, 4.69) is 17.1 Å². The lowest BCUT2D eigenvalue weighted by atomic mass is 10.1. The second-order valence-electron chi connectivity index (χ2n) is 4.68. The van der Waals surface area contributed by atoms with Crippen molar-refractivity contribution in [2.24, 2.45) is 0 Å². The monoisotopic (exact) mass is 329 g/mol. The molecule has 112 valence electrons. The minimum Gasteiger partial charge on any atom is -0.398 e. The fourth-order valence-corrected chi connectivity index (χ4v) is 4.80. The average Bonchev–Trinajstić information content (AvgIpc) is 2.92. The molecule has 0 amide bonds. The molecule has 21 heavy (non-hydrogen) atoms. The normalized spacial score (nSPS) is 22.4. The van der Waals surface area contributed by atoms with Crippen LogP contribution in [0.3, 0.4) is 0 Å². The standard InChI is InChI=1S/C13H13F2N3OS2/c1-6-11(21-3-2-20-6)12-17-13(19-18-12)7-4-8(14)9(15)5-10(7)16/h4-6,11H,2-3,16H2,1H3. The second-order valence-corrected chi connectivity index (χ2v) is 7.41. The highest BCUT2D eigenvalue weighted by Crippen LogP contribution is 2.41. The van der Waals surface area contributed by atoms with E-state index < -0.39 is 11.6 Å². The lowest BCUT2D eigenvalue weighted by molar-refractivity contribution is 0.421. The zero-order chi connectivity index (χ0) is 15.0. The zero-order valence-electron chi connectivity index (χ0n) is 11.2. The number of hydrogen-bond acceptors (Lipinski definition) is 6. The lowest BCUT2D eigenvalue weighted by Crippen LogP contribution is -2.16. The Kier molecular flexibility index (Phi) is 4.08. The Morgan fingerprint density at radius 3 is 2.71 bits per heavy atom. The third kappa shape index (κ3) is 2.87. The van der Waals surface area contributed by atoms with Crippen molar-refractivity contribution in [2.75, 3.05) is 17.2 Å². The van der Waals surface area contributed by atoms with Crippen LogP contribution in [0.1, 0.15) is 18.0 Å². The molecule has 3 rings (SSSR count). The summed E-state index contributed by atoms with van der Waals surface area (Å²) >= 11 is 3.63. The van der Waals surface area contributed by atoms with Gasteiger partial charge < -0.3 is 10.3 Å². The number of hydrogen-bond donors (Lipinski definition) is 1. The van der Waals surface area contributed by atoms with E-state index in [9.17, 15) is 8.78 Å². The van der Waals surface area contributed by atoms with Gasteiger partial charge >= 0.3 is 0 Å². The molecule has 2 aromatic rings. The summed E-state index contributed by atoms with van der Waals surface area (Å²) in [6.45, 7) is 2.11. The van der Waals surface area contributed by atoms with Gasteiger partial charge in [-0.3, -0.25) is 0 Å². The van der Waals surface area contributed by atoms with Gasteiger partial charge in [-0.15, -0.1) is 11.8 Å². The number of nitrogen functional groups attached to an aromatic ring is 1. The highest BCUT2D eigenvalue weighted by molar-refractivity contribution is 8.06. The molecule has 8 heteroatoms. The van der Waals surface area contributed by atoms with Gasteiger partial charge in [0.2, 0.25) is 0 Å². The summed E-state index contributed by atoms with van der Waals surface area (Å²) in [6, 6.07) is 1.90. The van der Waals surface area contributed by atoms with Crippen LogP contribution in [0.5, 0.6) is 0 Å². The molecule has 2 heterocycles. The molecule has 2 unspecified atom stereocenters. The van der Waals surface area contributed by atoms with Gasteiger partial charge in [0, 0.05) is 28.5 Å². The Morgan fingerprint density at radius 2 is 1.95 bits per heavy atom. The molecule has 4 nitrogen and oxygen atoms in total. The summed E-state index contributed by atoms with van der Waals surface area (Å²) in [6.07, 6.45) is 0. The van der Waals surface area contributed by atoms with Crippen LogP contribution >= 0.6 is 23.5 Å². The third-order valence-electron chi connectivity index (χ3n) is 3.21. The molecule has 0 aliphatic carbocycles. The van der Waals surface area contributed by atoms with Crippen LogP contribution in [0.4, 0.5) is 14.5 Å². The molecule has 1 saturated heterocycles. The molecule has 1 fully saturated rings. The fraction of sp³-hybridized carbons (Fsp3) is 0.385. The predicted molar refractivity (Wildman–Crippen MR) is 81.2 cm³/mol. The van der Waals surface area contributed by atoms with Crippen LogP contribution in [0.2, 0.25) is 0 Å². The zero-order valence-corrected chi connectivity index (χ0v) is 12.8. The maximum Gasteiger partial charge on any atom is 0.260 e. The van der Waals surface area contributed by atoms with Gasteiger partial charge in [0.15, 0.2) is 17.5 Å². The van der Waals surface area contributed by atoms with E-state index in [4.69, 9.17) is 10.3 Å². The molecule has 2 N–H and O–H groups in total. The molecule has 1 aliphatic heterocycles. The van der Waals surface area contributed by atoms with Crippen LogP contribution in [0, 0.1) is 11.6 Å². The summed E-state index contributed by atoms with van der Waals surface area (Å²) in [4.78, 5) is 4.31. The number of rotatable bonds is 2. The smallest absolute Gasteiger partial charge is 0.260 e. The Labute approximate surface area is 128 Å². The Balaban J connectivity index is 1.93. The maximum atomic E-state index is 13.3. The summed E-state index contributed by atoms with van der Waals surface area (Å²) in [7, 11) is 0. The van der Waals surface area contributed by atoms with E-state index in [0.29, 0.717) is 11.1 Å². The molecule has 2 atom stereocenters. The van der Waals surface area contributed by atoms with Crippen LogP contribution in [-0.4, -0.2) is 26.9 Å². The van der Waals surface area contributed by atoms with E-state index in [0.717, 1.165) is 23.6 Å². The Bertz CT molecular complexity index is 665. The fourth-order valence-electron chi connectivity index (χ4n) is 2.12. The summed E-state index contributed by atoms with van der Waals surface area (Å²) in [5.41, 5.74) is 5.98. The molecule has 0 bridgehead atoms. The van der Waals surface area contributed by atoms with Crippen molar-refractivity contribution < 1.29 is 13.3 Å². The molecule has 1 aromatic heterocycles. The summed E-state index contributed by atoms with van der Waals surface area (Å²) in [5.74, 6) is 0.822. The van der Waals surface area contributed by atoms with Crippen molar-refractivity contribution in [3.05, 3.63) is 29.6 Å². The van der Waals surface area contributed by atoms with Gasteiger partial charge in [-0.1, -0.05) is 12.1 Å². The first-order valence-corrected chi connectivity index (χ1v) is 8.47. The number of nitrogens with zero attached hydrogens (tertiary/aromatic N) is 2. The number of thioether (sulfide) groups is 2. The van der Waals surface area contributed by atoms with Crippen LogP contribution < -0.4 is 5.73 Å². The first-order chi connectivity index (χ1) is 10.1. The quantitative estimate of drug-likeness (QED) is 0.851. The van der Waals surface area contributed by atoms with Gasteiger partial charge in [0.25, 0.3) is 5.89 Å². The van der Waals surface area contributed by atoms with E-state index in [1.54, 1.807) is 11.8 Å². The van der Waals surface area contributed by atoms with Crippen LogP contribution in [0.25, 0.3) is 11.5 Å². The van der Waals surface area contributed by atoms with Gasteiger partial charge in [0.05, 0.1) is 10.8 Å². The SMILES string of the molecule is CC1SCCSC1c1noc(-c2cc(F)c(F)cc2N)n1. The maximum absolute atomic E-state index is 13.3. The lowest BCUT2D eigenvalue weighted by Gasteiger charge is -2.24. The van der Waals surface area contributed by atoms with E-state index >= 15 is 0 Å². The number of benzene rings is 1. The summed E-state index contributed by atoms with van der Waals surface area (Å²) < 4.78 is 31.6. The van der Waals surface area contributed by atoms with E-state index in [1.165, 1.54) is 0 Å². The van der Waals surface area contributed by atoms with Crippen molar-refractivity contribution in [3.8, 4) is 11.5 Å². The number of nitrogens with two attached hydrogens (primary N) is 1. The molecular formula is C13H13F2N3OS2. The topological polar surface area (TPSA) is 64.9 Å². The third-order valence-corrected chi connectivity index (χ3v) is 6.29. The molecule has 0 saturated carbocycles. The Hall–Kier alpha value is -1.28. The van der Waals surface area contributed by atoms with Gasteiger partial charge in [-0.05, 0) is 6.07 Å². The van der Waals surface area contributed by atoms with Crippen molar-refractivity contribution >= 4 is 29.2 Å². The molecule has 1 aromatic carbocycles. The van der Waals surface area contributed by atoms with Crippen molar-refractivity contribution in [2.45, 2.75) is 17.4 Å². The second kappa shape index (κ2) is 5.84. The number of aromatic nitrogens is 2. The number of halogens is 2. The largest absolute Gasteiger partial charge is 0.398 e. The summed E-state index contributed by atoms with van der Waals surface area (Å²) in [5, 5.41) is 4.47. The average molecular weight is 329 g/mol. The highest BCUT2D eigenvalue weighted by Gasteiger charge is 2.29. The first-order valence-electron chi connectivity index (χ1n) is 6.38. The molecule has 1 aliphatic rings. The molecule has 0 spiro atoms. The van der Waals surface area contributed by atoms with Crippen molar-refractivity contribution in [3.63, 3.8) is 0 Å². The van der Waals surface area contributed by atoms with Gasteiger partial charge in [0.1, 0.15) is 0 Å². The minimum absolute atomic E-state index is 0.0721. The van der Waals surface area contributed by atoms with Crippen LogP contribution in [0.15, 0.2) is 16.7 Å². The predicted octanol–water partition coefficient (Wildman–Crippen LogP) is 3.51. The number of anilines is 1. The highest BCUT2D eigenvalue weighted by atomic mass is 32.2.